The SMILES string of the molecule is CCC[C@H](N)C(=O)Nc1ccc2c(c1)OCCCO2. The molecule has 0 fully saturated rings. The zero-order chi connectivity index (χ0) is 13.7. The molecule has 0 radical (unpaired) electrons. The molecule has 0 saturated carbocycles. The monoisotopic (exact) mass is 264 g/mol. The molecule has 0 saturated heterocycles. The number of ether oxygens (including phenoxy) is 2. The second-order valence-corrected chi connectivity index (χ2v) is 4.60. The van der Waals surface area contributed by atoms with Crippen LogP contribution in [0.4, 0.5) is 5.69 Å². The van der Waals surface area contributed by atoms with E-state index in [1.54, 1.807) is 12.1 Å². The largest absolute Gasteiger partial charge is 0.490 e. The number of nitrogens with two attached hydrogens (primary N) is 1. The van der Waals surface area contributed by atoms with Gasteiger partial charge in [-0.15, -0.1) is 0 Å². The lowest BCUT2D eigenvalue weighted by Gasteiger charge is -2.13. The Morgan fingerprint density at radius 1 is 1.37 bits per heavy atom. The molecular weight excluding hydrogens is 244 g/mol. The maximum Gasteiger partial charge on any atom is 0.241 e. The normalized spacial score (nSPS) is 15.5. The molecule has 2 rings (SSSR count). The molecule has 0 unspecified atom stereocenters. The Bertz CT molecular complexity index is 448. The first-order valence-electron chi connectivity index (χ1n) is 6.67. The minimum absolute atomic E-state index is 0.170. The predicted molar refractivity (Wildman–Crippen MR) is 73.6 cm³/mol. The number of fused-ring (bicyclic) bond motifs is 1. The minimum atomic E-state index is -0.471. The molecule has 104 valence electrons. The van der Waals surface area contributed by atoms with Crippen LogP contribution in [0.5, 0.6) is 11.5 Å². The molecule has 1 aromatic rings. The van der Waals surface area contributed by atoms with Crippen molar-refractivity contribution < 1.29 is 14.3 Å². The van der Waals surface area contributed by atoms with Gasteiger partial charge in [0.05, 0.1) is 19.3 Å². The number of nitrogens with one attached hydrogen (secondary N) is 1. The number of amides is 1. The van der Waals surface area contributed by atoms with E-state index in [1.807, 2.05) is 13.0 Å². The van der Waals surface area contributed by atoms with E-state index in [4.69, 9.17) is 15.2 Å². The van der Waals surface area contributed by atoms with Crippen LogP contribution in [-0.2, 0) is 4.79 Å². The molecule has 3 N–H and O–H groups in total. The van der Waals surface area contributed by atoms with Crippen molar-refractivity contribution in [3.63, 3.8) is 0 Å². The van der Waals surface area contributed by atoms with E-state index in [0.29, 0.717) is 36.8 Å². The summed E-state index contributed by atoms with van der Waals surface area (Å²) in [5.41, 5.74) is 6.45. The van der Waals surface area contributed by atoms with Gasteiger partial charge in [0.1, 0.15) is 0 Å². The highest BCUT2D eigenvalue weighted by molar-refractivity contribution is 5.94. The Kier molecular flexibility index (Phi) is 4.63. The van der Waals surface area contributed by atoms with Gasteiger partial charge in [-0.05, 0) is 18.6 Å². The van der Waals surface area contributed by atoms with Gasteiger partial charge in [-0.3, -0.25) is 4.79 Å². The quantitative estimate of drug-likeness (QED) is 0.871. The first-order valence-corrected chi connectivity index (χ1v) is 6.67. The van der Waals surface area contributed by atoms with Crippen LogP contribution in [0, 0.1) is 0 Å². The van der Waals surface area contributed by atoms with Gasteiger partial charge < -0.3 is 20.5 Å². The lowest BCUT2D eigenvalue weighted by atomic mass is 10.1. The van der Waals surface area contributed by atoms with Crippen LogP contribution in [0.2, 0.25) is 0 Å². The summed E-state index contributed by atoms with van der Waals surface area (Å²) in [5, 5.41) is 2.80. The van der Waals surface area contributed by atoms with Crippen LogP contribution in [0.3, 0.4) is 0 Å². The average Bonchev–Trinajstić information content (AvgIpc) is 2.63. The summed E-state index contributed by atoms with van der Waals surface area (Å²) in [4.78, 5) is 11.8. The molecule has 1 heterocycles. The maximum absolute atomic E-state index is 11.8. The molecule has 19 heavy (non-hydrogen) atoms. The highest BCUT2D eigenvalue weighted by atomic mass is 16.5. The van der Waals surface area contributed by atoms with Crippen LogP contribution in [0.1, 0.15) is 26.2 Å². The first kappa shape index (κ1) is 13.7. The van der Waals surface area contributed by atoms with E-state index in [2.05, 4.69) is 5.32 Å². The zero-order valence-corrected chi connectivity index (χ0v) is 11.1. The molecule has 5 heteroatoms. The lowest BCUT2D eigenvalue weighted by molar-refractivity contribution is -0.117. The fraction of sp³-hybridized carbons (Fsp3) is 0.500. The van der Waals surface area contributed by atoms with Crippen molar-refractivity contribution >= 4 is 11.6 Å². The Morgan fingerprint density at radius 2 is 2.11 bits per heavy atom. The van der Waals surface area contributed by atoms with Crippen LogP contribution >= 0.6 is 0 Å². The topological polar surface area (TPSA) is 73.6 Å². The summed E-state index contributed by atoms with van der Waals surface area (Å²) in [6, 6.07) is 4.91. The second kappa shape index (κ2) is 6.43. The predicted octanol–water partition coefficient (Wildman–Crippen LogP) is 1.91. The summed E-state index contributed by atoms with van der Waals surface area (Å²) in [6.07, 6.45) is 2.42. The lowest BCUT2D eigenvalue weighted by Crippen LogP contribution is -2.35. The van der Waals surface area contributed by atoms with Crippen molar-refractivity contribution in [2.24, 2.45) is 5.73 Å². The maximum atomic E-state index is 11.8. The van der Waals surface area contributed by atoms with E-state index >= 15 is 0 Å². The highest BCUT2D eigenvalue weighted by Gasteiger charge is 2.15. The Balaban J connectivity index is 2.05. The average molecular weight is 264 g/mol. The van der Waals surface area contributed by atoms with Crippen LogP contribution < -0.4 is 20.5 Å². The van der Waals surface area contributed by atoms with Gasteiger partial charge in [0.2, 0.25) is 5.91 Å². The number of hydrogen-bond donors (Lipinski definition) is 2. The molecule has 0 aliphatic carbocycles. The van der Waals surface area contributed by atoms with E-state index in [-0.39, 0.29) is 5.91 Å². The molecule has 1 aliphatic rings. The standard InChI is InChI=1S/C14H20N2O3/c1-2-4-11(15)14(17)16-10-5-6-12-13(9-10)19-8-3-7-18-12/h5-6,9,11H,2-4,7-8,15H2,1H3,(H,16,17)/t11-/m0/s1. The fourth-order valence-electron chi connectivity index (χ4n) is 1.92. The summed E-state index contributed by atoms with van der Waals surface area (Å²) in [5.74, 6) is 1.21. The van der Waals surface area contributed by atoms with Crippen molar-refractivity contribution in [2.75, 3.05) is 18.5 Å². The number of rotatable bonds is 4. The molecule has 5 nitrogen and oxygen atoms in total. The summed E-state index contributed by atoms with van der Waals surface area (Å²) < 4.78 is 11.1. The van der Waals surface area contributed by atoms with Crippen LogP contribution in [0.25, 0.3) is 0 Å². The first-order chi connectivity index (χ1) is 9.20. The van der Waals surface area contributed by atoms with Crippen molar-refractivity contribution in [2.45, 2.75) is 32.2 Å². The third kappa shape index (κ3) is 3.61. The summed E-state index contributed by atoms with van der Waals surface area (Å²) >= 11 is 0. The van der Waals surface area contributed by atoms with Crippen molar-refractivity contribution in [3.05, 3.63) is 18.2 Å². The number of hydrogen-bond acceptors (Lipinski definition) is 4. The summed E-state index contributed by atoms with van der Waals surface area (Å²) in [6.45, 7) is 3.28. The third-order valence-corrected chi connectivity index (χ3v) is 2.95. The van der Waals surface area contributed by atoms with Crippen molar-refractivity contribution in [3.8, 4) is 11.5 Å². The van der Waals surface area contributed by atoms with Crippen LogP contribution in [-0.4, -0.2) is 25.2 Å². The van der Waals surface area contributed by atoms with Gasteiger partial charge in [-0.2, -0.15) is 0 Å². The number of carbonyl (C=O) groups excluding carboxylic acids is 1. The second-order valence-electron chi connectivity index (χ2n) is 4.60. The molecular formula is C14H20N2O3. The van der Waals surface area contributed by atoms with Gasteiger partial charge in [0, 0.05) is 18.2 Å². The minimum Gasteiger partial charge on any atom is -0.490 e. The molecule has 1 amide bonds. The van der Waals surface area contributed by atoms with Gasteiger partial charge >= 0.3 is 0 Å². The van der Waals surface area contributed by atoms with Crippen molar-refractivity contribution in [1.29, 1.82) is 0 Å². The fourth-order valence-corrected chi connectivity index (χ4v) is 1.92. The van der Waals surface area contributed by atoms with E-state index < -0.39 is 6.04 Å². The van der Waals surface area contributed by atoms with E-state index in [0.717, 1.165) is 12.8 Å². The van der Waals surface area contributed by atoms with Crippen molar-refractivity contribution in [1.82, 2.24) is 0 Å². The molecule has 0 spiro atoms. The Morgan fingerprint density at radius 3 is 2.84 bits per heavy atom. The molecule has 1 atom stereocenters. The molecule has 0 aromatic heterocycles. The molecule has 1 aliphatic heterocycles. The number of benzene rings is 1. The highest BCUT2D eigenvalue weighted by Crippen LogP contribution is 2.32. The smallest absolute Gasteiger partial charge is 0.241 e. The van der Waals surface area contributed by atoms with E-state index in [9.17, 15) is 4.79 Å². The summed E-state index contributed by atoms with van der Waals surface area (Å²) in [7, 11) is 0. The Labute approximate surface area is 113 Å². The molecule has 0 bridgehead atoms. The van der Waals surface area contributed by atoms with Gasteiger partial charge in [-0.1, -0.05) is 13.3 Å². The Hall–Kier alpha value is -1.75. The number of carbonyl (C=O) groups is 1. The van der Waals surface area contributed by atoms with Gasteiger partial charge in [-0.25, -0.2) is 0 Å². The van der Waals surface area contributed by atoms with Crippen LogP contribution in [0.15, 0.2) is 18.2 Å². The van der Waals surface area contributed by atoms with Gasteiger partial charge in [0.15, 0.2) is 11.5 Å². The van der Waals surface area contributed by atoms with Gasteiger partial charge in [0.25, 0.3) is 0 Å². The van der Waals surface area contributed by atoms with E-state index in [1.165, 1.54) is 0 Å². The zero-order valence-electron chi connectivity index (χ0n) is 11.1. The third-order valence-electron chi connectivity index (χ3n) is 2.95. The molecule has 1 aromatic carbocycles. The number of anilines is 1.